The molecule has 1 unspecified atom stereocenters. The van der Waals surface area contributed by atoms with Gasteiger partial charge in [0, 0.05) is 0 Å². The third-order valence-corrected chi connectivity index (χ3v) is 2.98. The maximum atomic E-state index is 11.5. The zero-order chi connectivity index (χ0) is 13.4. The first-order valence-corrected chi connectivity index (χ1v) is 6.47. The molecule has 0 aliphatic carbocycles. The molecule has 0 spiro atoms. The van der Waals surface area contributed by atoms with Crippen LogP contribution in [0.15, 0.2) is 11.1 Å². The summed E-state index contributed by atoms with van der Waals surface area (Å²) < 4.78 is 10.6. The minimum absolute atomic E-state index is 0.142. The Hall–Kier alpha value is -1.52. The molecule has 1 heterocycles. The van der Waals surface area contributed by atoms with Crippen molar-refractivity contribution >= 4 is 0 Å². The van der Waals surface area contributed by atoms with E-state index in [1.54, 1.807) is 0 Å². The summed E-state index contributed by atoms with van der Waals surface area (Å²) in [5, 5.41) is 0. The molecule has 18 heavy (non-hydrogen) atoms. The third kappa shape index (κ3) is 4.05. The Morgan fingerprint density at radius 1 is 1.44 bits per heavy atom. The summed E-state index contributed by atoms with van der Waals surface area (Å²) >= 11 is 0. The maximum Gasteiger partial charge on any atom is 0.297 e. The first-order chi connectivity index (χ1) is 8.72. The highest BCUT2D eigenvalue weighted by atomic mass is 16.5. The number of hydrogen-bond donors (Lipinski definition) is 1. The molecule has 1 N–H and O–H groups in total. The number of rotatable bonds is 8. The second-order valence-electron chi connectivity index (χ2n) is 4.30. The highest BCUT2D eigenvalue weighted by molar-refractivity contribution is 5.29. The molecule has 1 aromatic rings. The normalized spacial score (nSPS) is 12.2. The van der Waals surface area contributed by atoms with Crippen LogP contribution in [0.5, 0.6) is 11.6 Å². The van der Waals surface area contributed by atoms with E-state index in [1.807, 2.05) is 0 Å². The Morgan fingerprint density at radius 3 is 2.83 bits per heavy atom. The van der Waals surface area contributed by atoms with Crippen molar-refractivity contribution in [2.75, 3.05) is 13.7 Å². The monoisotopic (exact) mass is 254 g/mol. The van der Waals surface area contributed by atoms with Gasteiger partial charge in [0.05, 0.1) is 20.0 Å². The van der Waals surface area contributed by atoms with Crippen molar-refractivity contribution in [3.05, 3.63) is 16.7 Å². The van der Waals surface area contributed by atoms with Crippen molar-refractivity contribution in [1.82, 2.24) is 9.97 Å². The molecular weight excluding hydrogens is 232 g/mol. The summed E-state index contributed by atoms with van der Waals surface area (Å²) in [6.45, 7) is 4.89. The number of nitrogens with zero attached hydrogens (tertiary/aromatic N) is 1. The topological polar surface area (TPSA) is 64.2 Å². The number of methoxy groups -OCH3 is 1. The van der Waals surface area contributed by atoms with Crippen LogP contribution >= 0.6 is 0 Å². The molecule has 1 aromatic heterocycles. The number of aromatic amines is 1. The lowest BCUT2D eigenvalue weighted by atomic mass is 10.0. The van der Waals surface area contributed by atoms with E-state index in [4.69, 9.17) is 9.47 Å². The zero-order valence-corrected chi connectivity index (χ0v) is 11.4. The summed E-state index contributed by atoms with van der Waals surface area (Å²) in [6.07, 6.45) is 5.90. The van der Waals surface area contributed by atoms with Crippen molar-refractivity contribution in [2.24, 2.45) is 5.92 Å². The van der Waals surface area contributed by atoms with E-state index in [1.165, 1.54) is 26.3 Å². The Labute approximate surface area is 108 Å². The average Bonchev–Trinajstić information content (AvgIpc) is 2.39. The fraction of sp³-hybridized carbons (Fsp3) is 0.692. The van der Waals surface area contributed by atoms with Gasteiger partial charge in [-0.1, -0.05) is 33.1 Å². The SMILES string of the molecule is CCCCC(CC)COc1nc[nH]c(=O)c1OC. The van der Waals surface area contributed by atoms with E-state index in [2.05, 4.69) is 23.8 Å². The van der Waals surface area contributed by atoms with Crippen molar-refractivity contribution < 1.29 is 9.47 Å². The number of ether oxygens (including phenoxy) is 2. The van der Waals surface area contributed by atoms with Crippen LogP contribution in [0.3, 0.4) is 0 Å². The van der Waals surface area contributed by atoms with Crippen molar-refractivity contribution in [3.63, 3.8) is 0 Å². The van der Waals surface area contributed by atoms with Crippen LogP contribution in [0.25, 0.3) is 0 Å². The van der Waals surface area contributed by atoms with Crippen LogP contribution < -0.4 is 15.0 Å². The van der Waals surface area contributed by atoms with Gasteiger partial charge in [0.25, 0.3) is 11.4 Å². The van der Waals surface area contributed by atoms with Gasteiger partial charge in [-0.3, -0.25) is 4.79 Å². The zero-order valence-electron chi connectivity index (χ0n) is 11.4. The van der Waals surface area contributed by atoms with E-state index >= 15 is 0 Å². The van der Waals surface area contributed by atoms with Gasteiger partial charge in [0.15, 0.2) is 0 Å². The van der Waals surface area contributed by atoms with E-state index in [0.29, 0.717) is 12.5 Å². The molecule has 0 radical (unpaired) electrons. The molecule has 0 bridgehead atoms. The van der Waals surface area contributed by atoms with E-state index < -0.39 is 0 Å². The van der Waals surface area contributed by atoms with E-state index in [-0.39, 0.29) is 17.2 Å². The van der Waals surface area contributed by atoms with Crippen molar-refractivity contribution in [3.8, 4) is 11.6 Å². The molecule has 1 atom stereocenters. The fourth-order valence-corrected chi connectivity index (χ4v) is 1.75. The molecule has 0 saturated carbocycles. The standard InChI is InChI=1S/C13H22N2O3/c1-4-6-7-10(5-2)8-18-13-11(17-3)12(16)14-9-15-13/h9-10H,4-8H2,1-3H3,(H,14,15,16). The summed E-state index contributed by atoms with van der Waals surface area (Å²) in [6, 6.07) is 0. The molecule has 1 rings (SSSR count). The molecule has 5 nitrogen and oxygen atoms in total. The minimum atomic E-state index is -0.316. The van der Waals surface area contributed by atoms with Gasteiger partial charge in [-0.15, -0.1) is 0 Å². The van der Waals surface area contributed by atoms with Gasteiger partial charge >= 0.3 is 0 Å². The van der Waals surface area contributed by atoms with Crippen LogP contribution in [0.4, 0.5) is 0 Å². The van der Waals surface area contributed by atoms with Gasteiger partial charge in [0.2, 0.25) is 5.75 Å². The van der Waals surface area contributed by atoms with Gasteiger partial charge in [-0.25, -0.2) is 4.98 Å². The van der Waals surface area contributed by atoms with Gasteiger partial charge in [-0.05, 0) is 12.3 Å². The number of H-pyrrole nitrogens is 1. The summed E-state index contributed by atoms with van der Waals surface area (Å²) in [4.78, 5) is 17.9. The molecule has 0 saturated heterocycles. The molecule has 0 aliphatic heterocycles. The van der Waals surface area contributed by atoms with Crippen LogP contribution in [0.2, 0.25) is 0 Å². The third-order valence-electron chi connectivity index (χ3n) is 2.98. The Balaban J connectivity index is 2.61. The van der Waals surface area contributed by atoms with Crippen molar-refractivity contribution in [1.29, 1.82) is 0 Å². The Kier molecular flexibility index (Phi) is 6.25. The van der Waals surface area contributed by atoms with Crippen LogP contribution in [-0.2, 0) is 0 Å². The van der Waals surface area contributed by atoms with Crippen LogP contribution in [-0.4, -0.2) is 23.7 Å². The quantitative estimate of drug-likeness (QED) is 0.773. The van der Waals surface area contributed by atoms with Gasteiger partial charge in [0.1, 0.15) is 0 Å². The second-order valence-corrected chi connectivity index (χ2v) is 4.30. The Bertz CT molecular complexity index is 403. The largest absolute Gasteiger partial charge is 0.487 e. The summed E-state index contributed by atoms with van der Waals surface area (Å²) in [7, 11) is 1.44. The second kappa shape index (κ2) is 7.74. The highest BCUT2D eigenvalue weighted by Crippen LogP contribution is 2.20. The smallest absolute Gasteiger partial charge is 0.297 e. The number of hydrogen-bond acceptors (Lipinski definition) is 4. The molecular formula is C13H22N2O3. The fourth-order valence-electron chi connectivity index (χ4n) is 1.75. The predicted molar refractivity (Wildman–Crippen MR) is 70.2 cm³/mol. The Morgan fingerprint density at radius 2 is 2.22 bits per heavy atom. The lowest BCUT2D eigenvalue weighted by molar-refractivity contribution is 0.215. The molecule has 0 aromatic carbocycles. The number of aromatic nitrogens is 2. The molecule has 5 heteroatoms. The first kappa shape index (κ1) is 14.5. The first-order valence-electron chi connectivity index (χ1n) is 6.47. The van der Waals surface area contributed by atoms with E-state index in [0.717, 1.165) is 12.8 Å². The lowest BCUT2D eigenvalue weighted by Gasteiger charge is -2.15. The molecule has 0 fully saturated rings. The highest BCUT2D eigenvalue weighted by Gasteiger charge is 2.13. The molecule has 102 valence electrons. The van der Waals surface area contributed by atoms with Gasteiger partial charge in [-0.2, -0.15) is 0 Å². The average molecular weight is 254 g/mol. The molecule has 0 amide bonds. The van der Waals surface area contributed by atoms with Gasteiger partial charge < -0.3 is 14.5 Å². The maximum absolute atomic E-state index is 11.5. The van der Waals surface area contributed by atoms with Crippen LogP contribution in [0.1, 0.15) is 39.5 Å². The number of unbranched alkanes of at least 4 members (excludes halogenated alkanes) is 1. The lowest BCUT2D eigenvalue weighted by Crippen LogP contribution is -2.16. The predicted octanol–water partition coefficient (Wildman–Crippen LogP) is 2.37. The number of nitrogens with one attached hydrogen (secondary N) is 1. The van der Waals surface area contributed by atoms with Crippen LogP contribution in [0, 0.1) is 5.92 Å². The van der Waals surface area contributed by atoms with E-state index in [9.17, 15) is 4.79 Å². The van der Waals surface area contributed by atoms with Crippen molar-refractivity contribution in [2.45, 2.75) is 39.5 Å². The minimum Gasteiger partial charge on any atom is -0.487 e. The summed E-state index contributed by atoms with van der Waals surface area (Å²) in [5.41, 5.74) is -0.316. The molecule has 0 aliphatic rings. The summed E-state index contributed by atoms with van der Waals surface area (Å²) in [5.74, 6) is 0.912.